The molecular weight excluding hydrogens is 456 g/mol. The SMILES string of the molecule is COCCN(CCOC)C(=O)[C@@H](C)[C@@H]1CC[C@@]2(C)CC[C@H](NC(=O)Cc3ccccc3)[C@@H](C)[C@@H]2[C@H]1O. The molecule has 0 saturated heterocycles. The number of amides is 2. The molecule has 0 radical (unpaired) electrons. The monoisotopic (exact) mass is 502 g/mol. The second kappa shape index (κ2) is 13.0. The van der Waals surface area contributed by atoms with Gasteiger partial charge in [-0.05, 0) is 54.4 Å². The molecule has 7 atom stereocenters. The van der Waals surface area contributed by atoms with Gasteiger partial charge >= 0.3 is 0 Å². The van der Waals surface area contributed by atoms with Crippen LogP contribution in [0.3, 0.4) is 0 Å². The summed E-state index contributed by atoms with van der Waals surface area (Å²) in [6, 6.07) is 9.81. The van der Waals surface area contributed by atoms with Gasteiger partial charge in [-0.25, -0.2) is 0 Å². The molecule has 1 aromatic rings. The highest BCUT2D eigenvalue weighted by molar-refractivity contribution is 5.79. The summed E-state index contributed by atoms with van der Waals surface area (Å²) in [5, 5.41) is 15.0. The van der Waals surface area contributed by atoms with E-state index in [1.807, 2.05) is 37.3 Å². The highest BCUT2D eigenvalue weighted by Crippen LogP contribution is 2.55. The van der Waals surface area contributed by atoms with E-state index in [0.717, 1.165) is 31.2 Å². The zero-order chi connectivity index (χ0) is 26.3. The molecule has 2 fully saturated rings. The molecule has 1 aromatic carbocycles. The first kappa shape index (κ1) is 28.6. The molecule has 0 unspecified atom stereocenters. The Balaban J connectivity index is 1.69. The van der Waals surface area contributed by atoms with Crippen LogP contribution in [0.25, 0.3) is 0 Å². The third kappa shape index (κ3) is 6.67. The molecule has 3 rings (SSSR count). The van der Waals surface area contributed by atoms with Crippen molar-refractivity contribution in [3.8, 4) is 0 Å². The molecule has 0 aliphatic heterocycles. The maximum atomic E-state index is 13.5. The summed E-state index contributed by atoms with van der Waals surface area (Å²) in [7, 11) is 3.27. The Hall–Kier alpha value is -1.96. The average Bonchev–Trinajstić information content (AvgIpc) is 2.86. The van der Waals surface area contributed by atoms with Crippen LogP contribution < -0.4 is 5.32 Å². The molecule has 2 saturated carbocycles. The van der Waals surface area contributed by atoms with Gasteiger partial charge in [0, 0.05) is 39.3 Å². The number of nitrogens with zero attached hydrogens (tertiary/aromatic N) is 1. The van der Waals surface area contributed by atoms with Gasteiger partial charge in [0.25, 0.3) is 0 Å². The lowest BCUT2D eigenvalue weighted by Gasteiger charge is -2.56. The van der Waals surface area contributed by atoms with Gasteiger partial charge in [-0.15, -0.1) is 0 Å². The van der Waals surface area contributed by atoms with Crippen molar-refractivity contribution in [2.75, 3.05) is 40.5 Å². The van der Waals surface area contributed by atoms with Crippen molar-refractivity contribution in [1.82, 2.24) is 10.2 Å². The van der Waals surface area contributed by atoms with Crippen LogP contribution >= 0.6 is 0 Å². The Morgan fingerprint density at radius 2 is 1.72 bits per heavy atom. The molecule has 7 nitrogen and oxygen atoms in total. The van der Waals surface area contributed by atoms with Crippen LogP contribution in [0.1, 0.15) is 52.0 Å². The lowest BCUT2D eigenvalue weighted by molar-refractivity contribution is -0.151. The fourth-order valence-corrected chi connectivity index (χ4v) is 6.74. The highest BCUT2D eigenvalue weighted by atomic mass is 16.5. The van der Waals surface area contributed by atoms with Crippen LogP contribution in [-0.4, -0.2) is 74.5 Å². The lowest BCUT2D eigenvalue weighted by atomic mass is 9.51. The maximum Gasteiger partial charge on any atom is 0.225 e. The Morgan fingerprint density at radius 1 is 1.11 bits per heavy atom. The van der Waals surface area contributed by atoms with Crippen molar-refractivity contribution >= 4 is 11.8 Å². The summed E-state index contributed by atoms with van der Waals surface area (Å²) >= 11 is 0. The first-order valence-corrected chi connectivity index (χ1v) is 13.5. The Labute approximate surface area is 216 Å². The van der Waals surface area contributed by atoms with E-state index in [1.165, 1.54) is 0 Å². The average molecular weight is 503 g/mol. The second-order valence-electron chi connectivity index (χ2n) is 11.2. The summed E-state index contributed by atoms with van der Waals surface area (Å²) in [6.45, 7) is 8.37. The summed E-state index contributed by atoms with van der Waals surface area (Å²) in [4.78, 5) is 28.1. The van der Waals surface area contributed by atoms with Gasteiger partial charge in [0.05, 0.1) is 25.7 Å². The number of carbonyl (C=O) groups excluding carboxylic acids is 2. The van der Waals surface area contributed by atoms with E-state index in [1.54, 1.807) is 19.1 Å². The van der Waals surface area contributed by atoms with Crippen LogP contribution in [0.15, 0.2) is 30.3 Å². The third-order valence-corrected chi connectivity index (χ3v) is 8.92. The number of methoxy groups -OCH3 is 2. The van der Waals surface area contributed by atoms with Crippen molar-refractivity contribution in [2.24, 2.45) is 29.1 Å². The van der Waals surface area contributed by atoms with E-state index >= 15 is 0 Å². The number of fused-ring (bicyclic) bond motifs is 1. The number of carbonyl (C=O) groups is 2. The lowest BCUT2D eigenvalue weighted by Crippen LogP contribution is -2.59. The normalized spacial score (nSPS) is 30.8. The summed E-state index contributed by atoms with van der Waals surface area (Å²) in [5.74, 6) is -0.162. The van der Waals surface area contributed by atoms with E-state index in [0.29, 0.717) is 32.7 Å². The molecule has 0 spiro atoms. The number of benzene rings is 1. The fourth-order valence-electron chi connectivity index (χ4n) is 6.74. The Kier molecular flexibility index (Phi) is 10.3. The molecule has 0 aromatic heterocycles. The van der Waals surface area contributed by atoms with Crippen LogP contribution in [0.5, 0.6) is 0 Å². The van der Waals surface area contributed by atoms with E-state index in [-0.39, 0.29) is 46.9 Å². The predicted molar refractivity (Wildman–Crippen MR) is 140 cm³/mol. The van der Waals surface area contributed by atoms with E-state index in [9.17, 15) is 14.7 Å². The Morgan fingerprint density at radius 3 is 2.33 bits per heavy atom. The number of ether oxygens (including phenoxy) is 2. The largest absolute Gasteiger partial charge is 0.392 e. The number of hydrogen-bond acceptors (Lipinski definition) is 5. The van der Waals surface area contributed by atoms with Gasteiger partial charge in [-0.1, -0.05) is 51.1 Å². The molecule has 2 aliphatic rings. The van der Waals surface area contributed by atoms with Crippen LogP contribution in [0, 0.1) is 29.1 Å². The first-order chi connectivity index (χ1) is 17.2. The van der Waals surface area contributed by atoms with Crippen LogP contribution in [0.4, 0.5) is 0 Å². The molecular formula is C29H46N2O5. The standard InChI is InChI=1S/C29H46N2O5/c1-20(28(34)31(15-17-35-4)16-18-36-5)23-11-13-29(3)14-12-24(21(2)26(29)27(23)33)30-25(32)19-22-9-7-6-8-10-22/h6-10,20-21,23-24,26-27,33H,11-19H2,1-5H3,(H,30,32)/t20-,21+,23-,24-,26+,27-,29-/m0/s1. The van der Waals surface area contributed by atoms with Crippen molar-refractivity contribution in [3.05, 3.63) is 35.9 Å². The molecule has 202 valence electrons. The van der Waals surface area contributed by atoms with Crippen molar-refractivity contribution < 1.29 is 24.2 Å². The zero-order valence-corrected chi connectivity index (χ0v) is 22.7. The summed E-state index contributed by atoms with van der Waals surface area (Å²) in [6.07, 6.45) is 3.49. The van der Waals surface area contributed by atoms with Gasteiger partial charge in [-0.2, -0.15) is 0 Å². The van der Waals surface area contributed by atoms with Crippen molar-refractivity contribution in [2.45, 2.75) is 65.0 Å². The number of hydrogen-bond donors (Lipinski definition) is 2. The Bertz CT molecular complexity index is 841. The fraction of sp³-hybridized carbons (Fsp3) is 0.724. The predicted octanol–water partition coefficient (Wildman–Crippen LogP) is 3.29. The third-order valence-electron chi connectivity index (χ3n) is 8.92. The van der Waals surface area contributed by atoms with Gasteiger partial charge in [0.1, 0.15) is 0 Å². The zero-order valence-electron chi connectivity index (χ0n) is 22.7. The number of aliphatic hydroxyl groups excluding tert-OH is 1. The number of rotatable bonds is 11. The van der Waals surface area contributed by atoms with Crippen molar-refractivity contribution in [1.29, 1.82) is 0 Å². The minimum Gasteiger partial charge on any atom is -0.392 e. The number of nitrogens with one attached hydrogen (secondary N) is 1. The molecule has 2 aliphatic carbocycles. The van der Waals surface area contributed by atoms with E-state index in [4.69, 9.17) is 9.47 Å². The van der Waals surface area contributed by atoms with Crippen molar-refractivity contribution in [3.63, 3.8) is 0 Å². The number of aliphatic hydroxyl groups is 1. The van der Waals surface area contributed by atoms with Gasteiger partial charge in [0.2, 0.25) is 11.8 Å². The second-order valence-corrected chi connectivity index (χ2v) is 11.2. The smallest absolute Gasteiger partial charge is 0.225 e. The van der Waals surface area contributed by atoms with Gasteiger partial charge in [0.15, 0.2) is 0 Å². The molecule has 7 heteroatoms. The summed E-state index contributed by atoms with van der Waals surface area (Å²) < 4.78 is 10.4. The quantitative estimate of drug-likeness (QED) is 0.485. The molecule has 0 bridgehead atoms. The minimum atomic E-state index is -0.585. The van der Waals surface area contributed by atoms with Gasteiger partial charge in [-0.3, -0.25) is 9.59 Å². The molecule has 36 heavy (non-hydrogen) atoms. The molecule has 2 N–H and O–H groups in total. The van der Waals surface area contributed by atoms with E-state index < -0.39 is 6.10 Å². The maximum absolute atomic E-state index is 13.5. The molecule has 0 heterocycles. The van der Waals surface area contributed by atoms with Crippen LogP contribution in [0.2, 0.25) is 0 Å². The minimum absolute atomic E-state index is 0.0184. The molecule has 2 amide bonds. The topological polar surface area (TPSA) is 88.1 Å². The highest BCUT2D eigenvalue weighted by Gasteiger charge is 2.54. The van der Waals surface area contributed by atoms with Gasteiger partial charge < -0.3 is 24.8 Å². The van der Waals surface area contributed by atoms with Crippen LogP contribution in [-0.2, 0) is 25.5 Å². The van der Waals surface area contributed by atoms with E-state index in [2.05, 4.69) is 19.2 Å². The summed E-state index contributed by atoms with van der Waals surface area (Å²) in [5.41, 5.74) is 1.02. The first-order valence-electron chi connectivity index (χ1n) is 13.5.